The molecule has 0 fully saturated rings. The van der Waals surface area contributed by atoms with Crippen LogP contribution in [0.15, 0.2) is 64.2 Å². The average Bonchev–Trinajstić information content (AvgIpc) is 3.46. The van der Waals surface area contributed by atoms with Gasteiger partial charge in [-0.3, -0.25) is 4.57 Å². The van der Waals surface area contributed by atoms with Crippen LogP contribution in [0.25, 0.3) is 17.1 Å². The van der Waals surface area contributed by atoms with E-state index in [0.717, 1.165) is 17.1 Å². The van der Waals surface area contributed by atoms with Crippen molar-refractivity contribution < 1.29 is 8.91 Å². The largest absolute Gasteiger partial charge is 0.345 e. The van der Waals surface area contributed by atoms with Crippen molar-refractivity contribution in [3.8, 4) is 17.1 Å². The second-order valence-corrected chi connectivity index (χ2v) is 6.82. The Kier molecular flexibility index (Phi) is 3.30. The fraction of sp³-hybridized carbons (Fsp3) is 0.0526. The maximum Gasteiger partial charge on any atom is 0.345 e. The van der Waals surface area contributed by atoms with E-state index in [1.54, 1.807) is 23.3 Å². The fourth-order valence-electron chi connectivity index (χ4n) is 3.54. The molecule has 0 atom stereocenters. The predicted octanol–water partition coefficient (Wildman–Crippen LogP) is 3.67. The van der Waals surface area contributed by atoms with E-state index in [-0.39, 0.29) is 18.5 Å². The van der Waals surface area contributed by atoms with Gasteiger partial charge in [0.2, 0.25) is 11.1 Å². The zero-order chi connectivity index (χ0) is 19.5. The van der Waals surface area contributed by atoms with Gasteiger partial charge in [0.25, 0.3) is 0 Å². The van der Waals surface area contributed by atoms with Gasteiger partial charge < -0.3 is 4.52 Å². The molecule has 0 N–H and O–H groups in total. The second-order valence-electron chi connectivity index (χ2n) is 6.48. The molecular formula is C19H11ClFN7O. The first-order chi connectivity index (χ1) is 14.2. The van der Waals surface area contributed by atoms with Crippen LogP contribution in [-0.4, -0.2) is 32.2 Å². The second kappa shape index (κ2) is 5.89. The molecular weight excluding hydrogens is 397 g/mol. The lowest BCUT2D eigenvalue weighted by Crippen LogP contribution is -2.45. The van der Waals surface area contributed by atoms with Gasteiger partial charge in [-0.2, -0.15) is 4.98 Å². The van der Waals surface area contributed by atoms with Gasteiger partial charge in [0.05, 0.1) is 11.9 Å². The van der Waals surface area contributed by atoms with E-state index in [1.165, 1.54) is 12.1 Å². The Balaban J connectivity index is 1.43. The lowest BCUT2D eigenvalue weighted by atomic mass is 10.1. The topological polar surface area (TPSA) is 75.6 Å². The van der Waals surface area contributed by atoms with Gasteiger partial charge in [-0.05, 0) is 48.0 Å². The number of anilines is 2. The molecule has 2 aromatic carbocycles. The standard InChI is InChI=1S/C19H11ClFN7O/c20-18-22-9-15-27(18)14-4-2-1-3-13(14)17-23-10-26(28(15)17)19-24-16(25-29-19)11-5-7-12(21)8-6-11/h1-9H,10H2. The van der Waals surface area contributed by atoms with Crippen molar-refractivity contribution in [2.75, 3.05) is 16.7 Å². The lowest BCUT2D eigenvalue weighted by molar-refractivity contribution is 0.417. The predicted molar refractivity (Wildman–Crippen MR) is 105 cm³/mol. The number of benzene rings is 2. The summed E-state index contributed by atoms with van der Waals surface area (Å²) in [7, 11) is 0. The van der Waals surface area contributed by atoms with Crippen LogP contribution in [0.3, 0.4) is 0 Å². The first kappa shape index (κ1) is 16.3. The number of hydrazine groups is 1. The van der Waals surface area contributed by atoms with E-state index in [1.807, 2.05) is 33.8 Å². The molecule has 0 unspecified atom stereocenters. The molecule has 0 bridgehead atoms. The van der Waals surface area contributed by atoms with E-state index in [2.05, 4.69) is 20.1 Å². The molecule has 10 heteroatoms. The molecule has 8 nitrogen and oxygen atoms in total. The third-order valence-electron chi connectivity index (χ3n) is 4.84. The molecule has 0 amide bonds. The zero-order valence-corrected chi connectivity index (χ0v) is 15.5. The smallest absolute Gasteiger partial charge is 0.313 e. The third kappa shape index (κ3) is 2.31. The van der Waals surface area contributed by atoms with Gasteiger partial charge in [0.15, 0.2) is 11.7 Å². The molecule has 4 aromatic rings. The molecule has 0 saturated carbocycles. The quantitative estimate of drug-likeness (QED) is 0.504. The number of hydrogen-bond donors (Lipinski definition) is 0. The van der Waals surface area contributed by atoms with Crippen molar-refractivity contribution >= 4 is 29.3 Å². The molecule has 29 heavy (non-hydrogen) atoms. The van der Waals surface area contributed by atoms with Crippen LogP contribution in [0.5, 0.6) is 0 Å². The van der Waals surface area contributed by atoms with E-state index >= 15 is 0 Å². The number of aromatic nitrogens is 4. The summed E-state index contributed by atoms with van der Waals surface area (Å²) in [5.41, 5.74) is 2.47. The maximum absolute atomic E-state index is 13.2. The van der Waals surface area contributed by atoms with Crippen LogP contribution >= 0.6 is 11.6 Å². The van der Waals surface area contributed by atoms with E-state index in [9.17, 15) is 4.39 Å². The summed E-state index contributed by atoms with van der Waals surface area (Å²) >= 11 is 6.35. The Labute approximate surface area is 168 Å². The summed E-state index contributed by atoms with van der Waals surface area (Å²) in [6, 6.07) is 14.0. The summed E-state index contributed by atoms with van der Waals surface area (Å²) in [5.74, 6) is 1.49. The number of imidazole rings is 1. The summed E-state index contributed by atoms with van der Waals surface area (Å²) in [6.07, 6.45) is 1.67. The van der Waals surface area contributed by atoms with Crippen molar-refractivity contribution in [1.29, 1.82) is 0 Å². The minimum atomic E-state index is -0.327. The molecule has 142 valence electrons. The number of fused-ring (bicyclic) bond motifs is 6. The highest BCUT2D eigenvalue weighted by Gasteiger charge is 2.39. The third-order valence-corrected chi connectivity index (χ3v) is 5.10. The van der Waals surface area contributed by atoms with Crippen LogP contribution < -0.4 is 10.0 Å². The van der Waals surface area contributed by atoms with Gasteiger partial charge in [0.1, 0.15) is 12.5 Å². The minimum Gasteiger partial charge on any atom is -0.313 e. The summed E-state index contributed by atoms with van der Waals surface area (Å²) < 4.78 is 20.5. The first-order valence-corrected chi connectivity index (χ1v) is 9.13. The Bertz CT molecular complexity index is 1280. The number of amidine groups is 1. The number of para-hydroxylation sites is 1. The number of nitrogens with zero attached hydrogens (tertiary/aromatic N) is 7. The van der Waals surface area contributed by atoms with Crippen molar-refractivity contribution in [2.24, 2.45) is 4.99 Å². The molecule has 0 aliphatic carbocycles. The Morgan fingerprint density at radius 2 is 1.90 bits per heavy atom. The van der Waals surface area contributed by atoms with Gasteiger partial charge in [0, 0.05) is 11.1 Å². The van der Waals surface area contributed by atoms with Crippen LogP contribution in [0, 0.1) is 5.82 Å². The van der Waals surface area contributed by atoms with Gasteiger partial charge >= 0.3 is 6.01 Å². The highest BCUT2D eigenvalue weighted by atomic mass is 35.5. The van der Waals surface area contributed by atoms with Crippen LogP contribution in [0.1, 0.15) is 5.56 Å². The number of halogens is 2. The van der Waals surface area contributed by atoms with Gasteiger partial charge in [-0.25, -0.2) is 24.4 Å². The summed E-state index contributed by atoms with van der Waals surface area (Å²) in [4.78, 5) is 13.4. The molecule has 6 rings (SSSR count). The van der Waals surface area contributed by atoms with Gasteiger partial charge in [-0.1, -0.05) is 17.3 Å². The fourth-order valence-corrected chi connectivity index (χ4v) is 3.77. The van der Waals surface area contributed by atoms with Crippen LogP contribution in [-0.2, 0) is 0 Å². The van der Waals surface area contributed by atoms with E-state index < -0.39 is 0 Å². The van der Waals surface area contributed by atoms with Crippen molar-refractivity contribution in [1.82, 2.24) is 19.7 Å². The van der Waals surface area contributed by atoms with E-state index in [0.29, 0.717) is 22.5 Å². The van der Waals surface area contributed by atoms with Crippen LogP contribution in [0.2, 0.25) is 5.28 Å². The monoisotopic (exact) mass is 407 g/mol. The van der Waals surface area contributed by atoms with Crippen molar-refractivity contribution in [3.63, 3.8) is 0 Å². The van der Waals surface area contributed by atoms with Crippen molar-refractivity contribution in [2.45, 2.75) is 0 Å². The number of aliphatic imine (C=N–C) groups is 1. The molecule has 2 aliphatic rings. The number of rotatable bonds is 2. The maximum atomic E-state index is 13.2. The number of hydrogen-bond acceptors (Lipinski definition) is 7. The van der Waals surface area contributed by atoms with E-state index in [4.69, 9.17) is 16.1 Å². The average molecular weight is 408 g/mol. The first-order valence-electron chi connectivity index (χ1n) is 8.75. The molecule has 0 saturated heterocycles. The summed E-state index contributed by atoms with van der Waals surface area (Å²) in [5, 5.41) is 7.97. The Hall–Kier alpha value is -3.72. The Morgan fingerprint density at radius 3 is 2.76 bits per heavy atom. The Morgan fingerprint density at radius 1 is 1.07 bits per heavy atom. The zero-order valence-electron chi connectivity index (χ0n) is 14.7. The minimum absolute atomic E-state index is 0.256. The lowest BCUT2D eigenvalue weighted by Gasteiger charge is -2.33. The molecule has 0 spiro atoms. The molecule has 4 heterocycles. The summed E-state index contributed by atoms with van der Waals surface area (Å²) in [6.45, 7) is 0.289. The van der Waals surface area contributed by atoms with Gasteiger partial charge in [-0.15, -0.1) is 0 Å². The molecule has 2 aliphatic heterocycles. The SMILES string of the molecule is Fc1ccc(-c2noc(N3CN=C4c5ccccc5-n5c(cnc5Cl)N43)n2)cc1. The highest BCUT2D eigenvalue weighted by Crippen LogP contribution is 2.38. The molecule has 2 aromatic heterocycles. The normalized spacial score (nSPS) is 14.5. The highest BCUT2D eigenvalue weighted by molar-refractivity contribution is 6.29. The molecule has 0 radical (unpaired) electrons. The van der Waals surface area contributed by atoms with Crippen LogP contribution in [0.4, 0.5) is 16.2 Å². The van der Waals surface area contributed by atoms with Crippen molar-refractivity contribution in [3.05, 3.63) is 71.4 Å².